The highest BCUT2D eigenvalue weighted by atomic mass is 16.5. The van der Waals surface area contributed by atoms with Gasteiger partial charge < -0.3 is 14.8 Å². The summed E-state index contributed by atoms with van der Waals surface area (Å²) in [4.78, 5) is 25.8. The van der Waals surface area contributed by atoms with Crippen molar-refractivity contribution in [1.82, 2.24) is 9.97 Å². The Kier molecular flexibility index (Phi) is 1.86. The summed E-state index contributed by atoms with van der Waals surface area (Å²) in [6.07, 6.45) is 1.13. The molecule has 0 spiro atoms. The molecule has 58 valence electrons. The highest BCUT2D eigenvalue weighted by molar-refractivity contribution is 5.88. The number of nitrogens with zero attached hydrogens (tertiary/aromatic N) is 1. The van der Waals surface area contributed by atoms with Crippen LogP contribution in [0.5, 0.6) is 5.88 Å². The molecule has 0 fully saturated rings. The van der Waals surface area contributed by atoms with Gasteiger partial charge in [-0.25, -0.2) is 9.78 Å². The number of imidazole rings is 1. The first-order chi connectivity index (χ1) is 5.25. The Labute approximate surface area is 60.8 Å². The van der Waals surface area contributed by atoms with Gasteiger partial charge in [0.05, 0.1) is 6.33 Å². The molecule has 6 nitrogen and oxygen atoms in total. The molecule has 1 rings (SSSR count). The highest BCUT2D eigenvalue weighted by Gasteiger charge is 2.13. The summed E-state index contributed by atoms with van der Waals surface area (Å²) in [6.45, 7) is 0.114. The maximum absolute atomic E-state index is 10.3. The third kappa shape index (κ3) is 1.34. The van der Waals surface area contributed by atoms with Gasteiger partial charge in [0.25, 0.3) is 12.4 Å². The van der Waals surface area contributed by atoms with Crippen LogP contribution in [-0.4, -0.2) is 27.5 Å². The zero-order valence-electron chi connectivity index (χ0n) is 5.27. The average molecular weight is 156 g/mol. The third-order valence-electron chi connectivity index (χ3n) is 0.978. The van der Waals surface area contributed by atoms with Crippen molar-refractivity contribution in [3.63, 3.8) is 0 Å². The monoisotopic (exact) mass is 156 g/mol. The molecular formula is C5H4N2O4. The standard InChI is InChI=1S/C5H4N2O4/c8-2-11-4-3(5(9)10)6-1-7-4/h1-2H,(H,6,7)(H,9,10). The normalized spacial score (nSPS) is 9.09. The van der Waals surface area contributed by atoms with E-state index in [1.807, 2.05) is 0 Å². The van der Waals surface area contributed by atoms with Crippen LogP contribution in [0.15, 0.2) is 6.33 Å². The molecule has 1 aromatic heterocycles. The molecule has 0 amide bonds. The van der Waals surface area contributed by atoms with Crippen LogP contribution in [0.3, 0.4) is 0 Å². The summed E-state index contributed by atoms with van der Waals surface area (Å²) in [5, 5.41) is 8.41. The van der Waals surface area contributed by atoms with Crippen LogP contribution in [0, 0.1) is 0 Å². The lowest BCUT2D eigenvalue weighted by molar-refractivity contribution is -0.120. The van der Waals surface area contributed by atoms with Crippen LogP contribution in [0.1, 0.15) is 10.5 Å². The van der Waals surface area contributed by atoms with Gasteiger partial charge in [0, 0.05) is 0 Å². The van der Waals surface area contributed by atoms with Crippen molar-refractivity contribution in [3.8, 4) is 5.88 Å². The Morgan fingerprint density at radius 2 is 2.55 bits per heavy atom. The van der Waals surface area contributed by atoms with Gasteiger partial charge in [-0.1, -0.05) is 0 Å². The number of nitrogens with one attached hydrogen (secondary N) is 1. The van der Waals surface area contributed by atoms with Gasteiger partial charge in [0.2, 0.25) is 0 Å². The van der Waals surface area contributed by atoms with Gasteiger partial charge >= 0.3 is 5.97 Å². The zero-order valence-corrected chi connectivity index (χ0v) is 5.27. The number of aromatic carboxylic acids is 1. The number of carbonyl (C=O) groups is 2. The third-order valence-corrected chi connectivity index (χ3v) is 0.978. The molecule has 0 aliphatic rings. The first-order valence-electron chi connectivity index (χ1n) is 2.62. The molecule has 0 saturated carbocycles. The van der Waals surface area contributed by atoms with E-state index < -0.39 is 5.97 Å². The lowest BCUT2D eigenvalue weighted by Crippen LogP contribution is -2.00. The molecule has 2 N–H and O–H groups in total. The molecule has 0 radical (unpaired) electrons. The van der Waals surface area contributed by atoms with Crippen molar-refractivity contribution in [2.75, 3.05) is 0 Å². The number of hydrogen-bond acceptors (Lipinski definition) is 4. The summed E-state index contributed by atoms with van der Waals surface area (Å²) in [5.74, 6) is -1.45. The van der Waals surface area contributed by atoms with Crippen molar-refractivity contribution in [2.45, 2.75) is 0 Å². The van der Waals surface area contributed by atoms with E-state index >= 15 is 0 Å². The molecule has 1 aromatic rings. The van der Waals surface area contributed by atoms with Crippen LogP contribution in [-0.2, 0) is 4.79 Å². The van der Waals surface area contributed by atoms with Crippen LogP contribution in [0.4, 0.5) is 0 Å². The first kappa shape index (κ1) is 7.26. The maximum Gasteiger partial charge on any atom is 0.358 e. The predicted octanol–water partition coefficient (Wildman–Crippen LogP) is -0.357. The minimum absolute atomic E-state index is 0.114. The minimum atomic E-state index is -1.22. The Balaban J connectivity index is 2.95. The van der Waals surface area contributed by atoms with E-state index in [4.69, 9.17) is 5.11 Å². The molecule has 0 aliphatic carbocycles. The van der Waals surface area contributed by atoms with E-state index in [1.54, 1.807) is 0 Å². The molecule has 6 heteroatoms. The zero-order chi connectivity index (χ0) is 8.27. The molecule has 0 aliphatic heterocycles. The number of hydrogen-bond donors (Lipinski definition) is 2. The van der Waals surface area contributed by atoms with Crippen molar-refractivity contribution >= 4 is 12.4 Å². The average Bonchev–Trinajstić information content (AvgIpc) is 2.36. The molecule has 11 heavy (non-hydrogen) atoms. The van der Waals surface area contributed by atoms with Crippen LogP contribution in [0.25, 0.3) is 0 Å². The quantitative estimate of drug-likeness (QED) is 0.583. The molecule has 0 aromatic carbocycles. The number of rotatable bonds is 3. The largest absolute Gasteiger partial charge is 0.476 e. The summed E-state index contributed by atoms with van der Waals surface area (Å²) in [5.41, 5.74) is -0.239. The second-order valence-corrected chi connectivity index (χ2v) is 1.60. The summed E-state index contributed by atoms with van der Waals surface area (Å²) in [6, 6.07) is 0. The van der Waals surface area contributed by atoms with Crippen LogP contribution >= 0.6 is 0 Å². The number of carbonyl (C=O) groups excluding carboxylic acids is 1. The van der Waals surface area contributed by atoms with Crippen molar-refractivity contribution in [3.05, 3.63) is 12.0 Å². The van der Waals surface area contributed by atoms with E-state index in [1.165, 1.54) is 0 Å². The molecule has 0 bridgehead atoms. The van der Waals surface area contributed by atoms with E-state index in [-0.39, 0.29) is 18.0 Å². The molecule has 1 heterocycles. The lowest BCUT2D eigenvalue weighted by Gasteiger charge is -1.91. The highest BCUT2D eigenvalue weighted by Crippen LogP contribution is 2.10. The van der Waals surface area contributed by atoms with E-state index in [0.717, 1.165) is 6.33 Å². The fourth-order valence-corrected chi connectivity index (χ4v) is 0.570. The minimum Gasteiger partial charge on any atom is -0.476 e. The van der Waals surface area contributed by atoms with Crippen molar-refractivity contribution in [1.29, 1.82) is 0 Å². The number of carboxylic acid groups (broad SMARTS) is 1. The molecular weight excluding hydrogens is 152 g/mol. The SMILES string of the molecule is O=COc1nc[nH]c1C(=O)O. The topological polar surface area (TPSA) is 92.3 Å². The smallest absolute Gasteiger partial charge is 0.358 e. The van der Waals surface area contributed by atoms with Crippen LogP contribution < -0.4 is 4.74 Å². The number of aromatic amines is 1. The number of carboxylic acids is 1. The Bertz CT molecular complexity index is 280. The fraction of sp³-hybridized carbons (Fsp3) is 0. The van der Waals surface area contributed by atoms with Gasteiger partial charge in [-0.15, -0.1) is 0 Å². The Morgan fingerprint density at radius 3 is 3.09 bits per heavy atom. The Morgan fingerprint density at radius 1 is 1.82 bits per heavy atom. The lowest BCUT2D eigenvalue weighted by atomic mass is 10.5. The van der Waals surface area contributed by atoms with Crippen molar-refractivity contribution < 1.29 is 19.4 Å². The number of ether oxygens (including phenoxy) is 1. The van der Waals surface area contributed by atoms with E-state index in [2.05, 4.69) is 14.7 Å². The van der Waals surface area contributed by atoms with Gasteiger partial charge in [0.1, 0.15) is 0 Å². The number of H-pyrrole nitrogens is 1. The fourth-order valence-electron chi connectivity index (χ4n) is 0.570. The van der Waals surface area contributed by atoms with Crippen LogP contribution in [0.2, 0.25) is 0 Å². The van der Waals surface area contributed by atoms with E-state index in [9.17, 15) is 9.59 Å². The predicted molar refractivity (Wildman–Crippen MR) is 32.2 cm³/mol. The Hall–Kier alpha value is -1.85. The molecule has 0 unspecified atom stereocenters. The van der Waals surface area contributed by atoms with E-state index in [0.29, 0.717) is 0 Å². The second-order valence-electron chi connectivity index (χ2n) is 1.60. The van der Waals surface area contributed by atoms with Gasteiger partial charge in [-0.2, -0.15) is 0 Å². The summed E-state index contributed by atoms with van der Waals surface area (Å²) < 4.78 is 4.23. The summed E-state index contributed by atoms with van der Waals surface area (Å²) >= 11 is 0. The van der Waals surface area contributed by atoms with Gasteiger partial charge in [-0.05, 0) is 0 Å². The summed E-state index contributed by atoms with van der Waals surface area (Å²) in [7, 11) is 0. The van der Waals surface area contributed by atoms with Crippen molar-refractivity contribution in [2.24, 2.45) is 0 Å². The second kappa shape index (κ2) is 2.82. The number of aromatic nitrogens is 2. The first-order valence-corrected chi connectivity index (χ1v) is 2.62. The molecule has 0 atom stereocenters. The van der Waals surface area contributed by atoms with Gasteiger partial charge in [-0.3, -0.25) is 4.79 Å². The maximum atomic E-state index is 10.3. The molecule has 0 saturated heterocycles. The van der Waals surface area contributed by atoms with Gasteiger partial charge in [0.15, 0.2) is 5.69 Å².